The third kappa shape index (κ3) is 9.28. The highest BCUT2D eigenvalue weighted by atomic mass is 35.5. The van der Waals surface area contributed by atoms with E-state index in [1.807, 2.05) is 0 Å². The van der Waals surface area contributed by atoms with Gasteiger partial charge in [0.2, 0.25) is 0 Å². The van der Waals surface area contributed by atoms with Crippen LogP contribution in [0.25, 0.3) is 0 Å². The fourth-order valence-electron chi connectivity index (χ4n) is 0.201. The number of carbonyl (C=O) groups excluding carboxylic acids is 1. The zero-order valence-corrected chi connectivity index (χ0v) is 9.30. The first-order chi connectivity index (χ1) is 6.27. The second-order valence-corrected chi connectivity index (χ2v) is 3.37. The summed E-state index contributed by atoms with van der Waals surface area (Å²) in [6.45, 7) is 5.41. The number of aliphatic carboxylic acids is 1. The Bertz CT molecular complexity index is 194. The highest BCUT2D eigenvalue weighted by molar-refractivity contribution is 6.61. The maximum absolute atomic E-state index is 10.2. The van der Waals surface area contributed by atoms with Gasteiger partial charge in [-0.1, -0.05) is 0 Å². The third-order valence-electron chi connectivity index (χ3n) is 1.35. The molecule has 0 unspecified atom stereocenters. The van der Waals surface area contributed by atoms with E-state index >= 15 is 0 Å². The maximum atomic E-state index is 10.2. The number of carboxylic acids is 1. The van der Waals surface area contributed by atoms with E-state index in [0.29, 0.717) is 6.61 Å². The van der Waals surface area contributed by atoms with E-state index in [2.05, 4.69) is 4.74 Å². The van der Waals surface area contributed by atoms with Gasteiger partial charge >= 0.3 is 11.4 Å². The smallest absolute Gasteiger partial charge is 0.403 e. The van der Waals surface area contributed by atoms with Gasteiger partial charge in [0.05, 0.1) is 12.0 Å². The molecule has 0 fully saturated rings. The standard InChI is InChI=1S/C5H11NO2.C3H5ClO2/c1-5(2,3-6)4(7)8;1-2-6-3(4)5/h3,6H2,1-2H3,(H,7,8);2H2,1H3. The molecule has 3 N–H and O–H groups in total. The van der Waals surface area contributed by atoms with Crippen LogP contribution in [0, 0.1) is 5.41 Å². The largest absolute Gasteiger partial charge is 0.481 e. The first kappa shape index (κ1) is 15.7. The Labute approximate surface area is 88.2 Å². The van der Waals surface area contributed by atoms with Crippen molar-refractivity contribution in [2.45, 2.75) is 20.8 Å². The molecule has 14 heavy (non-hydrogen) atoms. The molecule has 0 spiro atoms. The summed E-state index contributed by atoms with van der Waals surface area (Å²) < 4.78 is 4.17. The number of rotatable bonds is 3. The summed E-state index contributed by atoms with van der Waals surface area (Å²) in [4.78, 5) is 19.8. The van der Waals surface area contributed by atoms with Crippen LogP contribution in [-0.4, -0.2) is 29.7 Å². The van der Waals surface area contributed by atoms with Crippen molar-refractivity contribution in [3.8, 4) is 0 Å². The van der Waals surface area contributed by atoms with E-state index in [1.165, 1.54) is 0 Å². The number of carbonyl (C=O) groups is 2. The molecular weight excluding hydrogens is 210 g/mol. The van der Waals surface area contributed by atoms with Gasteiger partial charge in [0.25, 0.3) is 0 Å². The quantitative estimate of drug-likeness (QED) is 0.710. The average molecular weight is 226 g/mol. The monoisotopic (exact) mass is 225 g/mol. The van der Waals surface area contributed by atoms with Crippen molar-refractivity contribution in [2.75, 3.05) is 13.2 Å². The van der Waals surface area contributed by atoms with Gasteiger partial charge in [0.1, 0.15) is 0 Å². The first-order valence-corrected chi connectivity index (χ1v) is 4.41. The Morgan fingerprint density at radius 1 is 1.50 bits per heavy atom. The molecule has 0 aliphatic heterocycles. The van der Waals surface area contributed by atoms with Crippen LogP contribution < -0.4 is 5.73 Å². The third-order valence-corrected chi connectivity index (χ3v) is 1.46. The molecule has 0 heterocycles. The summed E-state index contributed by atoms with van der Waals surface area (Å²) in [5.74, 6) is -0.847. The molecule has 0 aromatic heterocycles. The minimum absolute atomic E-state index is 0.183. The zero-order valence-electron chi connectivity index (χ0n) is 8.54. The van der Waals surface area contributed by atoms with E-state index in [0.717, 1.165) is 0 Å². The molecule has 0 saturated heterocycles. The van der Waals surface area contributed by atoms with Crippen LogP contribution in [-0.2, 0) is 9.53 Å². The predicted molar refractivity (Wildman–Crippen MR) is 53.3 cm³/mol. The van der Waals surface area contributed by atoms with Crippen molar-refractivity contribution in [3.05, 3.63) is 0 Å². The molecular formula is C8H16ClNO4. The van der Waals surface area contributed by atoms with Crippen LogP contribution in [0.5, 0.6) is 0 Å². The first-order valence-electron chi connectivity index (χ1n) is 4.03. The van der Waals surface area contributed by atoms with Crippen LogP contribution in [0.1, 0.15) is 20.8 Å². The summed E-state index contributed by atoms with van der Waals surface area (Å²) in [5.41, 5.74) is 3.62. The molecule has 0 aromatic carbocycles. The van der Waals surface area contributed by atoms with Crippen LogP contribution >= 0.6 is 11.6 Å². The van der Waals surface area contributed by atoms with E-state index in [1.54, 1.807) is 20.8 Å². The minimum atomic E-state index is -0.847. The minimum Gasteiger partial charge on any atom is -0.481 e. The Kier molecular flexibility index (Phi) is 8.48. The summed E-state index contributed by atoms with van der Waals surface area (Å²) in [6, 6.07) is 0. The van der Waals surface area contributed by atoms with Gasteiger partial charge in [-0.3, -0.25) is 4.79 Å². The molecule has 0 aliphatic rings. The fraction of sp³-hybridized carbons (Fsp3) is 0.750. The highest BCUT2D eigenvalue weighted by Gasteiger charge is 2.24. The van der Waals surface area contributed by atoms with Gasteiger partial charge < -0.3 is 15.6 Å². The van der Waals surface area contributed by atoms with E-state index in [9.17, 15) is 9.59 Å². The van der Waals surface area contributed by atoms with E-state index < -0.39 is 16.8 Å². The van der Waals surface area contributed by atoms with E-state index in [-0.39, 0.29) is 6.54 Å². The van der Waals surface area contributed by atoms with Crippen molar-refractivity contribution >= 4 is 23.0 Å². The molecule has 0 aromatic rings. The Morgan fingerprint density at radius 2 is 1.93 bits per heavy atom. The molecule has 0 atom stereocenters. The van der Waals surface area contributed by atoms with Crippen LogP contribution in [0.2, 0.25) is 0 Å². The number of halogens is 1. The number of carboxylic acid groups (broad SMARTS) is 1. The summed E-state index contributed by atoms with van der Waals surface area (Å²) >= 11 is 4.72. The average Bonchev–Trinajstić information content (AvgIpc) is 2.05. The number of hydrogen-bond acceptors (Lipinski definition) is 4. The van der Waals surface area contributed by atoms with Crippen LogP contribution in [0.3, 0.4) is 0 Å². The second-order valence-electron chi connectivity index (χ2n) is 3.06. The number of nitrogens with two attached hydrogens (primary N) is 1. The molecule has 84 valence electrons. The predicted octanol–water partition coefficient (Wildman–Crippen LogP) is 1.44. The second kappa shape index (κ2) is 7.58. The van der Waals surface area contributed by atoms with Gasteiger partial charge in [-0.2, -0.15) is 0 Å². The maximum Gasteiger partial charge on any atom is 0.403 e. The summed E-state index contributed by atoms with van der Waals surface area (Å²) in [5, 5.41) is 8.36. The summed E-state index contributed by atoms with van der Waals surface area (Å²) in [7, 11) is 0. The van der Waals surface area contributed by atoms with Gasteiger partial charge in [0, 0.05) is 18.1 Å². The van der Waals surface area contributed by atoms with Crippen molar-refractivity contribution in [1.82, 2.24) is 0 Å². The lowest BCUT2D eigenvalue weighted by molar-refractivity contribution is -0.146. The normalized spacial score (nSPS) is 9.79. The van der Waals surface area contributed by atoms with Crippen LogP contribution in [0.15, 0.2) is 0 Å². The fourth-order valence-corrected chi connectivity index (χ4v) is 0.310. The molecule has 0 aliphatic carbocycles. The van der Waals surface area contributed by atoms with Crippen molar-refractivity contribution in [3.63, 3.8) is 0 Å². The van der Waals surface area contributed by atoms with Gasteiger partial charge in [-0.15, -0.1) is 0 Å². The van der Waals surface area contributed by atoms with Crippen LogP contribution in [0.4, 0.5) is 4.79 Å². The Hall–Kier alpha value is -0.810. The van der Waals surface area contributed by atoms with Crippen molar-refractivity contribution in [2.24, 2.45) is 11.1 Å². The van der Waals surface area contributed by atoms with Gasteiger partial charge in [-0.25, -0.2) is 4.79 Å². The van der Waals surface area contributed by atoms with Gasteiger partial charge in [0.15, 0.2) is 0 Å². The molecule has 0 saturated carbocycles. The molecule has 0 rings (SSSR count). The molecule has 0 radical (unpaired) electrons. The Balaban J connectivity index is 0. The lowest BCUT2D eigenvalue weighted by atomic mass is 9.95. The molecule has 0 amide bonds. The lowest BCUT2D eigenvalue weighted by Gasteiger charge is -2.14. The SMILES string of the molecule is CC(C)(CN)C(=O)O.CCOC(=O)Cl. The summed E-state index contributed by atoms with van der Waals surface area (Å²) in [6.07, 6.45) is 0. The molecule has 0 bridgehead atoms. The molecule has 6 heteroatoms. The number of hydrogen-bond donors (Lipinski definition) is 2. The number of ether oxygens (including phenoxy) is 1. The Morgan fingerprint density at radius 3 is 1.93 bits per heavy atom. The highest BCUT2D eigenvalue weighted by Crippen LogP contribution is 2.10. The van der Waals surface area contributed by atoms with E-state index in [4.69, 9.17) is 22.4 Å². The van der Waals surface area contributed by atoms with Crippen molar-refractivity contribution < 1.29 is 19.4 Å². The van der Waals surface area contributed by atoms with Gasteiger partial charge in [-0.05, 0) is 20.8 Å². The topological polar surface area (TPSA) is 89.6 Å². The zero-order chi connectivity index (χ0) is 11.8. The van der Waals surface area contributed by atoms with Crippen molar-refractivity contribution in [1.29, 1.82) is 0 Å². The lowest BCUT2D eigenvalue weighted by Crippen LogP contribution is -2.32. The molecule has 5 nitrogen and oxygen atoms in total.